The summed E-state index contributed by atoms with van der Waals surface area (Å²) in [7, 11) is 0. The van der Waals surface area contributed by atoms with E-state index in [1.165, 1.54) is 0 Å². The predicted molar refractivity (Wildman–Crippen MR) is 120 cm³/mol. The molecule has 0 saturated heterocycles. The van der Waals surface area contributed by atoms with E-state index in [0.29, 0.717) is 28.6 Å². The Morgan fingerprint density at radius 3 is 2.90 bits per heavy atom. The van der Waals surface area contributed by atoms with Crippen LogP contribution in [0, 0.1) is 0 Å². The third-order valence-electron chi connectivity index (χ3n) is 4.18. The van der Waals surface area contributed by atoms with Gasteiger partial charge in [-0.25, -0.2) is 0 Å². The first-order valence-corrected chi connectivity index (χ1v) is 11.1. The van der Waals surface area contributed by atoms with E-state index >= 15 is 0 Å². The lowest BCUT2D eigenvalue weighted by atomic mass is 10.1. The summed E-state index contributed by atoms with van der Waals surface area (Å²) in [6.07, 6.45) is 3.72. The van der Waals surface area contributed by atoms with E-state index in [4.69, 9.17) is 16.3 Å². The number of hydrogen-bond donors (Lipinski definition) is 2. The molecule has 0 unspecified atom stereocenters. The molecule has 7 heteroatoms. The molecule has 0 fully saturated rings. The third kappa shape index (κ3) is 6.02. The summed E-state index contributed by atoms with van der Waals surface area (Å²) >= 11 is 7.88. The van der Waals surface area contributed by atoms with Gasteiger partial charge in [0.25, 0.3) is 11.8 Å². The summed E-state index contributed by atoms with van der Waals surface area (Å²) < 4.78 is 5.73. The van der Waals surface area contributed by atoms with Crippen molar-refractivity contribution in [2.24, 2.45) is 0 Å². The fourth-order valence-electron chi connectivity index (χ4n) is 2.77. The molecule has 0 saturated carbocycles. The Balaban J connectivity index is 1.63. The lowest BCUT2D eigenvalue weighted by Gasteiger charge is -2.20. The molecule has 2 N–H and O–H groups in total. The van der Waals surface area contributed by atoms with Crippen molar-refractivity contribution in [3.63, 3.8) is 0 Å². The van der Waals surface area contributed by atoms with Crippen molar-refractivity contribution in [2.45, 2.75) is 19.8 Å². The number of ether oxygens (including phenoxy) is 1. The fourth-order valence-corrected chi connectivity index (χ4v) is 3.81. The summed E-state index contributed by atoms with van der Waals surface area (Å²) in [6.45, 7) is 2.78. The summed E-state index contributed by atoms with van der Waals surface area (Å²) in [4.78, 5) is 24.7. The number of rotatable bonds is 8. The summed E-state index contributed by atoms with van der Waals surface area (Å²) in [6, 6.07) is 12.1. The van der Waals surface area contributed by atoms with E-state index in [-0.39, 0.29) is 17.6 Å². The molecule has 1 heterocycles. The largest absolute Gasteiger partial charge is 0.449 e. The highest BCUT2D eigenvalue weighted by Crippen LogP contribution is 2.32. The maximum Gasteiger partial charge on any atom is 0.291 e. The number of carbonyl (C=O) groups excluding carboxylic acids is 2. The van der Waals surface area contributed by atoms with E-state index in [1.54, 1.807) is 42.5 Å². The second-order valence-electron chi connectivity index (χ2n) is 6.55. The molecular weight excluding hydrogens is 408 g/mol. The Morgan fingerprint density at radius 1 is 1.24 bits per heavy atom. The van der Waals surface area contributed by atoms with Gasteiger partial charge < -0.3 is 15.4 Å². The number of anilines is 1. The Bertz CT molecular complexity index is 930. The number of nitrogens with one attached hydrogen (secondary N) is 2. The van der Waals surface area contributed by atoms with Gasteiger partial charge in [-0.1, -0.05) is 30.7 Å². The van der Waals surface area contributed by atoms with Gasteiger partial charge >= 0.3 is 0 Å². The second-order valence-corrected chi connectivity index (χ2v) is 8.21. The van der Waals surface area contributed by atoms with Crippen LogP contribution in [0.5, 0.6) is 5.75 Å². The molecule has 0 bridgehead atoms. The molecule has 0 aliphatic carbocycles. The molecule has 5 nitrogen and oxygen atoms in total. The van der Waals surface area contributed by atoms with Gasteiger partial charge in [-0.15, -0.1) is 0 Å². The first-order chi connectivity index (χ1) is 14.1. The lowest BCUT2D eigenvalue weighted by Crippen LogP contribution is -2.26. The molecule has 1 aliphatic rings. The van der Waals surface area contributed by atoms with Gasteiger partial charge in [-0.3, -0.25) is 9.59 Å². The molecule has 2 aromatic rings. The number of thioether (sulfide) groups is 1. The molecule has 1 aliphatic heterocycles. The molecule has 0 aromatic heterocycles. The number of hydrogen-bond acceptors (Lipinski definition) is 4. The van der Waals surface area contributed by atoms with Gasteiger partial charge in [-0.05, 0) is 66.3 Å². The van der Waals surface area contributed by atoms with Crippen LogP contribution in [0.3, 0.4) is 0 Å². The SMILES string of the molecule is CCCSCCCNC(=O)c1ccc2c(c1)NC(=O)/C(=C\c1cccc(Cl)c1)O2. The quantitative estimate of drug-likeness (QED) is 0.458. The Morgan fingerprint density at radius 2 is 2.10 bits per heavy atom. The van der Waals surface area contributed by atoms with Crippen molar-refractivity contribution in [1.82, 2.24) is 5.32 Å². The van der Waals surface area contributed by atoms with E-state index < -0.39 is 0 Å². The molecule has 0 radical (unpaired) electrons. The summed E-state index contributed by atoms with van der Waals surface area (Å²) in [5.41, 5.74) is 1.72. The van der Waals surface area contributed by atoms with E-state index in [1.807, 2.05) is 17.8 Å². The van der Waals surface area contributed by atoms with Crippen LogP contribution in [-0.4, -0.2) is 29.9 Å². The van der Waals surface area contributed by atoms with E-state index in [2.05, 4.69) is 17.6 Å². The van der Waals surface area contributed by atoms with Crippen LogP contribution in [0.15, 0.2) is 48.2 Å². The first-order valence-electron chi connectivity index (χ1n) is 9.53. The average Bonchev–Trinajstić information content (AvgIpc) is 2.70. The van der Waals surface area contributed by atoms with Gasteiger partial charge in [0.2, 0.25) is 0 Å². The number of halogens is 1. The molecule has 2 aromatic carbocycles. The average molecular weight is 431 g/mol. The van der Waals surface area contributed by atoms with Crippen LogP contribution in [0.1, 0.15) is 35.7 Å². The van der Waals surface area contributed by atoms with Crippen molar-refractivity contribution in [3.8, 4) is 5.75 Å². The molecule has 0 spiro atoms. The zero-order valence-electron chi connectivity index (χ0n) is 16.2. The number of amides is 2. The standard InChI is InChI=1S/C22H23ClN2O3S/c1-2-10-29-11-4-9-24-21(26)16-7-8-19-18(14-16)25-22(27)20(28-19)13-15-5-3-6-17(23)12-15/h3,5-8,12-14H,2,4,9-11H2,1H3,(H,24,26)(H,25,27)/b20-13+. The van der Waals surface area contributed by atoms with Crippen LogP contribution in [0.4, 0.5) is 5.69 Å². The van der Waals surface area contributed by atoms with Crippen molar-refractivity contribution < 1.29 is 14.3 Å². The van der Waals surface area contributed by atoms with Gasteiger partial charge in [0.05, 0.1) is 5.69 Å². The molecule has 0 atom stereocenters. The van der Waals surface area contributed by atoms with Crippen LogP contribution in [0.2, 0.25) is 5.02 Å². The minimum Gasteiger partial charge on any atom is -0.449 e. The van der Waals surface area contributed by atoms with Gasteiger partial charge in [-0.2, -0.15) is 11.8 Å². The second kappa shape index (κ2) is 10.4. The maximum absolute atomic E-state index is 12.4. The first kappa shape index (κ1) is 21.3. The number of carbonyl (C=O) groups is 2. The lowest BCUT2D eigenvalue weighted by molar-refractivity contribution is -0.115. The van der Waals surface area contributed by atoms with E-state index in [0.717, 1.165) is 29.9 Å². The molecule has 29 heavy (non-hydrogen) atoms. The molecule has 3 rings (SSSR count). The minimum absolute atomic E-state index is 0.164. The van der Waals surface area contributed by atoms with Crippen molar-refractivity contribution in [1.29, 1.82) is 0 Å². The zero-order valence-corrected chi connectivity index (χ0v) is 17.7. The predicted octanol–water partition coefficient (Wildman–Crippen LogP) is 4.98. The summed E-state index contributed by atoms with van der Waals surface area (Å²) in [5, 5.41) is 6.27. The number of fused-ring (bicyclic) bond motifs is 1. The highest BCUT2D eigenvalue weighted by Gasteiger charge is 2.23. The normalized spacial score (nSPS) is 14.1. The number of benzene rings is 2. The fraction of sp³-hybridized carbons (Fsp3) is 0.273. The van der Waals surface area contributed by atoms with Gasteiger partial charge in [0.1, 0.15) is 0 Å². The minimum atomic E-state index is -0.372. The third-order valence-corrected chi connectivity index (χ3v) is 5.69. The van der Waals surface area contributed by atoms with Gasteiger partial charge in [0, 0.05) is 17.1 Å². The van der Waals surface area contributed by atoms with Crippen molar-refractivity contribution >= 4 is 46.9 Å². The Labute approximate surface area is 179 Å². The summed E-state index contributed by atoms with van der Waals surface area (Å²) in [5.74, 6) is 2.30. The Hall–Kier alpha value is -2.44. The van der Waals surface area contributed by atoms with Crippen LogP contribution < -0.4 is 15.4 Å². The van der Waals surface area contributed by atoms with Crippen LogP contribution >= 0.6 is 23.4 Å². The van der Waals surface area contributed by atoms with Crippen LogP contribution in [0.25, 0.3) is 6.08 Å². The molecule has 2 amide bonds. The highest BCUT2D eigenvalue weighted by molar-refractivity contribution is 7.99. The monoisotopic (exact) mass is 430 g/mol. The Kier molecular flexibility index (Phi) is 7.61. The smallest absolute Gasteiger partial charge is 0.291 e. The van der Waals surface area contributed by atoms with Crippen molar-refractivity contribution in [3.05, 3.63) is 64.4 Å². The van der Waals surface area contributed by atoms with Gasteiger partial charge in [0.15, 0.2) is 11.5 Å². The van der Waals surface area contributed by atoms with Crippen LogP contribution in [-0.2, 0) is 4.79 Å². The molecular formula is C22H23ClN2O3S. The van der Waals surface area contributed by atoms with E-state index in [9.17, 15) is 9.59 Å². The topological polar surface area (TPSA) is 67.4 Å². The van der Waals surface area contributed by atoms with Crippen molar-refractivity contribution in [2.75, 3.05) is 23.4 Å². The zero-order chi connectivity index (χ0) is 20.6. The maximum atomic E-state index is 12.4. The molecule has 152 valence electrons. The highest BCUT2D eigenvalue weighted by atomic mass is 35.5.